The number of halogens is 2. The zero-order valence-electron chi connectivity index (χ0n) is 19.4. The number of thiazole rings is 1. The third-order valence-corrected chi connectivity index (χ3v) is 7.94. The maximum atomic E-state index is 14.7. The van der Waals surface area contributed by atoms with Gasteiger partial charge in [-0.2, -0.15) is 0 Å². The summed E-state index contributed by atoms with van der Waals surface area (Å²) < 4.78 is 19.6. The van der Waals surface area contributed by atoms with Gasteiger partial charge in [-0.05, 0) is 42.0 Å². The van der Waals surface area contributed by atoms with E-state index in [0.29, 0.717) is 21.8 Å². The number of carbonyl (C=O) groups is 2. The second kappa shape index (κ2) is 8.08. The minimum Gasteiger partial charge on any atom is -0.450 e. The van der Waals surface area contributed by atoms with Crippen molar-refractivity contribution in [2.75, 3.05) is 9.80 Å². The average molecular weight is 544 g/mol. The van der Waals surface area contributed by atoms with E-state index in [1.165, 1.54) is 51.6 Å². The molecule has 0 bridgehead atoms. The third-order valence-electron chi connectivity index (χ3n) is 6.95. The van der Waals surface area contributed by atoms with Crippen LogP contribution in [0.15, 0.2) is 87.5 Å². The molecule has 38 heavy (non-hydrogen) atoms. The highest BCUT2D eigenvalue weighted by molar-refractivity contribution is 7.13. The maximum absolute atomic E-state index is 14.7. The number of carbonyl (C=O) groups excluding carboxylic acids is 2. The van der Waals surface area contributed by atoms with Gasteiger partial charge in [0, 0.05) is 22.2 Å². The molecule has 2 amide bonds. The van der Waals surface area contributed by atoms with E-state index in [9.17, 15) is 18.8 Å². The molecule has 0 saturated carbocycles. The summed E-state index contributed by atoms with van der Waals surface area (Å²) in [6.07, 6.45) is 1.52. The fourth-order valence-electron chi connectivity index (χ4n) is 5.39. The van der Waals surface area contributed by atoms with Gasteiger partial charge in [0.2, 0.25) is 5.76 Å². The Bertz CT molecular complexity index is 1860. The van der Waals surface area contributed by atoms with Gasteiger partial charge in [0.05, 0.1) is 23.2 Å². The summed E-state index contributed by atoms with van der Waals surface area (Å²) in [6, 6.07) is 17.4. The van der Waals surface area contributed by atoms with Crippen molar-refractivity contribution >= 4 is 56.5 Å². The summed E-state index contributed by atoms with van der Waals surface area (Å²) in [5.41, 5.74) is -0.621. The number of para-hydroxylation sites is 1. The Balaban J connectivity index is 1.55. The first-order valence-corrected chi connectivity index (χ1v) is 12.8. The minimum absolute atomic E-state index is 0.0773. The quantitative estimate of drug-likeness (QED) is 0.300. The fraction of sp³-hybridized carbons (Fsp3) is 0.0714. The molecule has 5 aromatic rings. The molecule has 0 radical (unpaired) electrons. The minimum atomic E-state index is -1.85. The van der Waals surface area contributed by atoms with Crippen molar-refractivity contribution in [3.8, 4) is 0 Å². The molecule has 2 aliphatic rings. The topological polar surface area (TPSA) is 83.7 Å². The van der Waals surface area contributed by atoms with Gasteiger partial charge in [-0.1, -0.05) is 41.9 Å². The zero-order valence-corrected chi connectivity index (χ0v) is 20.9. The number of hydrogen-bond donors (Lipinski definition) is 0. The van der Waals surface area contributed by atoms with E-state index in [2.05, 4.69) is 4.98 Å². The van der Waals surface area contributed by atoms with E-state index >= 15 is 0 Å². The van der Waals surface area contributed by atoms with Crippen molar-refractivity contribution < 1.29 is 18.4 Å². The molecule has 4 heterocycles. The molecular weight excluding hydrogens is 529 g/mol. The van der Waals surface area contributed by atoms with Crippen LogP contribution in [-0.2, 0) is 16.9 Å². The summed E-state index contributed by atoms with van der Waals surface area (Å²) in [5.74, 6) is -1.77. The maximum Gasteiger partial charge on any atom is 0.297 e. The van der Waals surface area contributed by atoms with Crippen LogP contribution < -0.4 is 15.2 Å². The Morgan fingerprint density at radius 2 is 1.82 bits per heavy atom. The SMILES string of the molecule is O=C1c2oc3ccc(Cl)cc3c(=O)c2C2(C(=O)N(Cc3ccc(F)cc3)c3ccccc32)N1c1nccs1. The summed E-state index contributed by atoms with van der Waals surface area (Å²) in [7, 11) is 0. The predicted molar refractivity (Wildman–Crippen MR) is 141 cm³/mol. The van der Waals surface area contributed by atoms with E-state index < -0.39 is 28.6 Å². The summed E-state index contributed by atoms with van der Waals surface area (Å²) in [6.45, 7) is 0.0951. The van der Waals surface area contributed by atoms with Crippen LogP contribution in [0, 0.1) is 5.82 Å². The van der Waals surface area contributed by atoms with Crippen LogP contribution in [0.4, 0.5) is 15.2 Å². The molecule has 2 aliphatic heterocycles. The van der Waals surface area contributed by atoms with Crippen LogP contribution in [0.5, 0.6) is 0 Å². The van der Waals surface area contributed by atoms with Gasteiger partial charge in [-0.25, -0.2) is 9.37 Å². The highest BCUT2D eigenvalue weighted by Crippen LogP contribution is 2.54. The van der Waals surface area contributed by atoms with Gasteiger partial charge in [0.1, 0.15) is 11.4 Å². The van der Waals surface area contributed by atoms with Gasteiger partial charge >= 0.3 is 0 Å². The molecule has 10 heteroatoms. The van der Waals surface area contributed by atoms with Crippen LogP contribution in [0.1, 0.15) is 27.2 Å². The molecule has 3 aromatic carbocycles. The molecule has 0 fully saturated rings. The van der Waals surface area contributed by atoms with Crippen LogP contribution in [-0.4, -0.2) is 16.8 Å². The van der Waals surface area contributed by atoms with Crippen molar-refractivity contribution in [3.63, 3.8) is 0 Å². The highest BCUT2D eigenvalue weighted by atomic mass is 35.5. The Hall–Kier alpha value is -4.34. The van der Waals surface area contributed by atoms with Gasteiger partial charge in [0.25, 0.3) is 11.8 Å². The lowest BCUT2D eigenvalue weighted by Crippen LogP contribution is -2.53. The van der Waals surface area contributed by atoms with Gasteiger partial charge in [-0.15, -0.1) is 11.3 Å². The van der Waals surface area contributed by atoms with Crippen molar-refractivity contribution in [3.05, 3.63) is 122 Å². The summed E-state index contributed by atoms with van der Waals surface area (Å²) in [5, 5.41) is 2.41. The number of fused-ring (bicyclic) bond motifs is 5. The number of nitrogens with zero attached hydrogens (tertiary/aromatic N) is 3. The number of aromatic nitrogens is 1. The molecule has 186 valence electrons. The largest absolute Gasteiger partial charge is 0.450 e. The monoisotopic (exact) mass is 543 g/mol. The van der Waals surface area contributed by atoms with Crippen LogP contribution in [0.25, 0.3) is 11.0 Å². The Morgan fingerprint density at radius 1 is 1.03 bits per heavy atom. The van der Waals surface area contributed by atoms with Gasteiger partial charge < -0.3 is 9.32 Å². The number of rotatable bonds is 3. The third kappa shape index (κ3) is 2.94. The lowest BCUT2D eigenvalue weighted by molar-refractivity contribution is -0.121. The van der Waals surface area contributed by atoms with Crippen LogP contribution >= 0.6 is 22.9 Å². The first-order valence-electron chi connectivity index (χ1n) is 11.6. The lowest BCUT2D eigenvalue weighted by atomic mass is 9.84. The second-order valence-electron chi connectivity index (χ2n) is 8.98. The summed E-state index contributed by atoms with van der Waals surface area (Å²) in [4.78, 5) is 49.9. The number of benzene rings is 3. The van der Waals surface area contributed by atoms with E-state index in [1.54, 1.807) is 47.8 Å². The summed E-state index contributed by atoms with van der Waals surface area (Å²) >= 11 is 7.37. The second-order valence-corrected chi connectivity index (χ2v) is 10.3. The number of anilines is 2. The van der Waals surface area contributed by atoms with Gasteiger partial charge in [0.15, 0.2) is 16.1 Å². The molecule has 0 saturated heterocycles. The first kappa shape index (κ1) is 22.8. The standard InChI is InChI=1S/C28H15ClFN3O4S/c29-16-7-10-21-18(13-16)23(34)22-24(37-21)25(35)33(27-31-11-12-38-27)28(22)19-3-1-2-4-20(19)32(26(28)36)14-15-5-8-17(30)9-6-15/h1-13H,14H2. The van der Waals surface area contributed by atoms with Crippen molar-refractivity contribution in [1.29, 1.82) is 0 Å². The Kier molecular flexibility index (Phi) is 4.85. The highest BCUT2D eigenvalue weighted by Gasteiger charge is 2.66. The van der Waals surface area contributed by atoms with E-state index in [0.717, 1.165) is 0 Å². The Morgan fingerprint density at radius 3 is 2.58 bits per heavy atom. The van der Waals surface area contributed by atoms with Crippen molar-refractivity contribution in [2.24, 2.45) is 0 Å². The van der Waals surface area contributed by atoms with Crippen molar-refractivity contribution in [2.45, 2.75) is 12.1 Å². The fourth-order valence-corrected chi connectivity index (χ4v) is 6.25. The average Bonchev–Trinajstić information content (AvgIpc) is 3.59. The molecule has 1 spiro atoms. The van der Waals surface area contributed by atoms with Gasteiger partial charge in [-0.3, -0.25) is 19.3 Å². The molecular formula is C28H15ClFN3O4S. The molecule has 1 atom stereocenters. The van der Waals surface area contributed by atoms with Crippen molar-refractivity contribution in [1.82, 2.24) is 4.98 Å². The van der Waals surface area contributed by atoms with Crippen LogP contribution in [0.2, 0.25) is 5.02 Å². The first-order chi connectivity index (χ1) is 18.4. The molecule has 7 nitrogen and oxygen atoms in total. The van der Waals surface area contributed by atoms with E-state index in [1.807, 2.05) is 0 Å². The molecule has 1 unspecified atom stereocenters. The zero-order chi connectivity index (χ0) is 26.2. The number of amides is 2. The smallest absolute Gasteiger partial charge is 0.297 e. The molecule has 7 rings (SSSR count). The Labute approximate surface area is 223 Å². The molecule has 2 aromatic heterocycles. The number of hydrogen-bond acceptors (Lipinski definition) is 6. The normalized spacial score (nSPS) is 18.1. The van der Waals surface area contributed by atoms with Crippen LogP contribution in [0.3, 0.4) is 0 Å². The van der Waals surface area contributed by atoms with E-state index in [-0.39, 0.29) is 34.0 Å². The predicted octanol–water partition coefficient (Wildman–Crippen LogP) is 5.49. The lowest BCUT2D eigenvalue weighted by Gasteiger charge is -2.32. The molecule has 0 aliphatic carbocycles. The van der Waals surface area contributed by atoms with E-state index in [4.69, 9.17) is 16.0 Å². The molecule has 0 N–H and O–H groups in total.